The normalized spacial score (nSPS) is 10.5. The molecule has 0 aliphatic heterocycles. The Kier molecular flexibility index (Phi) is 5.71. The third-order valence-electron chi connectivity index (χ3n) is 3.83. The van der Waals surface area contributed by atoms with Crippen molar-refractivity contribution in [3.05, 3.63) is 76.2 Å². The van der Waals surface area contributed by atoms with Crippen molar-refractivity contribution in [2.45, 2.75) is 6.92 Å². The Hall–Kier alpha value is -2.93. The molecule has 3 rings (SSSR count). The number of amides is 2. The molecule has 27 heavy (non-hydrogen) atoms. The Labute approximate surface area is 163 Å². The van der Waals surface area contributed by atoms with Crippen LogP contribution < -0.4 is 10.6 Å². The van der Waals surface area contributed by atoms with Crippen LogP contribution in [-0.2, 0) is 4.79 Å². The van der Waals surface area contributed by atoms with Gasteiger partial charge < -0.3 is 15.1 Å². The van der Waals surface area contributed by atoms with Crippen molar-refractivity contribution in [2.75, 3.05) is 11.9 Å². The molecule has 0 saturated heterocycles. The molecule has 0 radical (unpaired) electrons. The van der Waals surface area contributed by atoms with Crippen LogP contribution in [0.25, 0.3) is 11.3 Å². The van der Waals surface area contributed by atoms with Gasteiger partial charge >= 0.3 is 0 Å². The van der Waals surface area contributed by atoms with Gasteiger partial charge in [-0.15, -0.1) is 0 Å². The lowest BCUT2D eigenvalue weighted by molar-refractivity contribution is -0.115. The lowest BCUT2D eigenvalue weighted by Crippen LogP contribution is -2.32. The highest BCUT2D eigenvalue weighted by atomic mass is 79.9. The number of aryl methyl sites for hydroxylation is 1. The minimum atomic E-state index is -0.508. The van der Waals surface area contributed by atoms with E-state index in [0.717, 1.165) is 10.0 Å². The summed E-state index contributed by atoms with van der Waals surface area (Å²) in [6.07, 6.45) is 0. The largest absolute Gasteiger partial charge is 0.451 e. The van der Waals surface area contributed by atoms with Gasteiger partial charge in [0.05, 0.1) is 6.54 Å². The summed E-state index contributed by atoms with van der Waals surface area (Å²) in [4.78, 5) is 24.2. The first kappa shape index (κ1) is 18.8. The lowest BCUT2D eigenvalue weighted by Gasteiger charge is -2.09. The van der Waals surface area contributed by atoms with E-state index in [1.54, 1.807) is 24.3 Å². The van der Waals surface area contributed by atoms with E-state index in [0.29, 0.717) is 17.0 Å². The highest BCUT2D eigenvalue weighted by Crippen LogP contribution is 2.22. The summed E-state index contributed by atoms with van der Waals surface area (Å²) < 4.78 is 19.4. The average Bonchev–Trinajstić information content (AvgIpc) is 3.13. The highest BCUT2D eigenvalue weighted by molar-refractivity contribution is 9.10. The van der Waals surface area contributed by atoms with Crippen molar-refractivity contribution >= 4 is 33.4 Å². The van der Waals surface area contributed by atoms with Crippen LogP contribution in [-0.4, -0.2) is 18.4 Å². The van der Waals surface area contributed by atoms with Gasteiger partial charge in [-0.25, -0.2) is 4.39 Å². The van der Waals surface area contributed by atoms with Gasteiger partial charge in [-0.05, 0) is 67.1 Å². The van der Waals surface area contributed by atoms with E-state index in [-0.39, 0.29) is 24.0 Å². The summed E-state index contributed by atoms with van der Waals surface area (Å²) in [5, 5.41) is 5.25. The topological polar surface area (TPSA) is 71.3 Å². The number of hydrogen-bond donors (Lipinski definition) is 2. The van der Waals surface area contributed by atoms with E-state index in [9.17, 15) is 14.0 Å². The number of carbonyl (C=O) groups excluding carboxylic acids is 2. The van der Waals surface area contributed by atoms with Crippen molar-refractivity contribution in [1.82, 2.24) is 5.32 Å². The number of rotatable bonds is 5. The van der Waals surface area contributed by atoms with Crippen LogP contribution in [0, 0.1) is 12.7 Å². The summed E-state index contributed by atoms with van der Waals surface area (Å²) in [6, 6.07) is 14.3. The van der Waals surface area contributed by atoms with E-state index >= 15 is 0 Å². The first-order valence-electron chi connectivity index (χ1n) is 8.12. The monoisotopic (exact) mass is 430 g/mol. The fourth-order valence-corrected chi connectivity index (χ4v) is 2.91. The van der Waals surface area contributed by atoms with E-state index < -0.39 is 5.91 Å². The van der Waals surface area contributed by atoms with E-state index in [1.807, 2.05) is 19.1 Å². The Morgan fingerprint density at radius 1 is 1.07 bits per heavy atom. The van der Waals surface area contributed by atoms with Crippen LogP contribution in [0.15, 0.2) is 63.5 Å². The molecule has 2 N–H and O–H groups in total. The molecule has 0 bridgehead atoms. The quantitative estimate of drug-likeness (QED) is 0.624. The van der Waals surface area contributed by atoms with E-state index in [1.165, 1.54) is 18.2 Å². The van der Waals surface area contributed by atoms with Gasteiger partial charge in [0.25, 0.3) is 5.91 Å². The first-order chi connectivity index (χ1) is 12.9. The summed E-state index contributed by atoms with van der Waals surface area (Å²) in [5.74, 6) is -0.697. The third-order valence-corrected chi connectivity index (χ3v) is 4.32. The summed E-state index contributed by atoms with van der Waals surface area (Å²) in [5.41, 5.74) is 2.23. The molecule has 2 amide bonds. The molecule has 2 aromatic carbocycles. The first-order valence-corrected chi connectivity index (χ1v) is 8.91. The van der Waals surface area contributed by atoms with Crippen LogP contribution in [0.3, 0.4) is 0 Å². The average molecular weight is 431 g/mol. The zero-order valence-electron chi connectivity index (χ0n) is 14.4. The van der Waals surface area contributed by atoms with Crippen molar-refractivity contribution < 1.29 is 18.4 Å². The molecule has 0 saturated carbocycles. The zero-order chi connectivity index (χ0) is 19.4. The molecule has 138 valence electrons. The number of carbonyl (C=O) groups is 2. The molecule has 0 spiro atoms. The molecular weight excluding hydrogens is 415 g/mol. The van der Waals surface area contributed by atoms with Gasteiger partial charge in [0.2, 0.25) is 5.91 Å². The molecule has 7 heteroatoms. The second kappa shape index (κ2) is 8.18. The van der Waals surface area contributed by atoms with Crippen LogP contribution in [0.4, 0.5) is 10.1 Å². The molecule has 0 aliphatic carbocycles. The Bertz CT molecular complexity index is 983. The summed E-state index contributed by atoms with van der Waals surface area (Å²) in [7, 11) is 0. The van der Waals surface area contributed by atoms with Gasteiger partial charge in [0, 0.05) is 15.7 Å². The minimum Gasteiger partial charge on any atom is -0.451 e. The van der Waals surface area contributed by atoms with Gasteiger partial charge in [-0.1, -0.05) is 15.9 Å². The van der Waals surface area contributed by atoms with Gasteiger partial charge in [-0.2, -0.15) is 0 Å². The molecule has 0 aliphatic rings. The number of hydrogen-bond acceptors (Lipinski definition) is 3. The highest BCUT2D eigenvalue weighted by Gasteiger charge is 2.14. The molecular formula is C20H16BrFN2O3. The standard InChI is InChI=1S/C20H16BrFN2O3/c1-12-10-14(21)4-7-16(12)24-19(25)11-23-20(26)18-9-8-17(27-18)13-2-5-15(22)6-3-13/h2-10H,11H2,1H3,(H,23,26)(H,24,25). The Balaban J connectivity index is 1.57. The number of nitrogens with one attached hydrogen (secondary N) is 2. The third kappa shape index (κ3) is 4.83. The second-order valence-corrected chi connectivity index (χ2v) is 6.78. The lowest BCUT2D eigenvalue weighted by atomic mass is 10.2. The molecule has 0 atom stereocenters. The molecule has 0 fully saturated rings. The van der Waals surface area contributed by atoms with Gasteiger partial charge in [0.1, 0.15) is 11.6 Å². The second-order valence-electron chi connectivity index (χ2n) is 5.86. The predicted octanol–water partition coefficient (Wildman–Crippen LogP) is 4.53. The molecule has 0 unspecified atom stereocenters. The SMILES string of the molecule is Cc1cc(Br)ccc1NC(=O)CNC(=O)c1ccc(-c2ccc(F)cc2)o1. The summed E-state index contributed by atoms with van der Waals surface area (Å²) in [6.45, 7) is 1.68. The Morgan fingerprint density at radius 2 is 1.81 bits per heavy atom. The smallest absolute Gasteiger partial charge is 0.287 e. The maximum atomic E-state index is 13.0. The predicted molar refractivity (Wildman–Crippen MR) is 104 cm³/mol. The molecule has 3 aromatic rings. The zero-order valence-corrected chi connectivity index (χ0v) is 16.0. The molecule has 1 heterocycles. The fraction of sp³-hybridized carbons (Fsp3) is 0.100. The van der Waals surface area contributed by atoms with E-state index in [2.05, 4.69) is 26.6 Å². The fourth-order valence-electron chi connectivity index (χ4n) is 2.44. The van der Waals surface area contributed by atoms with Crippen LogP contribution in [0.5, 0.6) is 0 Å². The number of furan rings is 1. The molecule has 5 nitrogen and oxygen atoms in total. The number of anilines is 1. The maximum absolute atomic E-state index is 13.0. The van der Waals surface area contributed by atoms with Crippen LogP contribution in [0.1, 0.15) is 16.1 Å². The van der Waals surface area contributed by atoms with Crippen molar-refractivity contribution in [2.24, 2.45) is 0 Å². The maximum Gasteiger partial charge on any atom is 0.287 e. The minimum absolute atomic E-state index is 0.0712. The van der Waals surface area contributed by atoms with Crippen molar-refractivity contribution in [1.29, 1.82) is 0 Å². The Morgan fingerprint density at radius 3 is 2.52 bits per heavy atom. The van der Waals surface area contributed by atoms with E-state index in [4.69, 9.17) is 4.42 Å². The number of benzene rings is 2. The van der Waals surface area contributed by atoms with Crippen LogP contribution in [0.2, 0.25) is 0 Å². The van der Waals surface area contributed by atoms with Crippen LogP contribution >= 0.6 is 15.9 Å². The molecule has 1 aromatic heterocycles. The number of halogens is 2. The summed E-state index contributed by atoms with van der Waals surface area (Å²) >= 11 is 3.36. The van der Waals surface area contributed by atoms with Crippen molar-refractivity contribution in [3.63, 3.8) is 0 Å². The van der Waals surface area contributed by atoms with Gasteiger partial charge in [0.15, 0.2) is 5.76 Å². The van der Waals surface area contributed by atoms with Gasteiger partial charge in [-0.3, -0.25) is 9.59 Å². The van der Waals surface area contributed by atoms with Crippen molar-refractivity contribution in [3.8, 4) is 11.3 Å².